The number of thiazole rings is 1. The molecule has 1 aliphatic heterocycles. The van der Waals surface area contributed by atoms with Gasteiger partial charge in [-0.2, -0.15) is 0 Å². The Hall–Kier alpha value is -2.12. The highest BCUT2D eigenvalue weighted by molar-refractivity contribution is 7.11. The van der Waals surface area contributed by atoms with Gasteiger partial charge in [-0.25, -0.2) is 4.98 Å². The molecule has 1 aromatic carbocycles. The Morgan fingerprint density at radius 2 is 1.92 bits per heavy atom. The summed E-state index contributed by atoms with van der Waals surface area (Å²) in [7, 11) is 4.81. The molecule has 2 aromatic rings. The van der Waals surface area contributed by atoms with E-state index in [0.29, 0.717) is 36.8 Å². The normalized spacial score (nSPS) is 13.5. The van der Waals surface area contributed by atoms with Gasteiger partial charge in [0.05, 0.1) is 33.1 Å². The molecule has 1 aliphatic rings. The Morgan fingerprint density at radius 1 is 1.21 bits per heavy atom. The number of nitrogens with zero attached hydrogens (tertiary/aromatic N) is 2. The lowest BCUT2D eigenvalue weighted by Gasteiger charge is -2.26. The zero-order chi connectivity index (χ0) is 17.1. The van der Waals surface area contributed by atoms with Crippen molar-refractivity contribution in [2.75, 3.05) is 27.9 Å². The zero-order valence-corrected chi connectivity index (χ0v) is 14.8. The third-order valence-corrected chi connectivity index (χ3v) is 4.98. The second-order valence-corrected chi connectivity index (χ2v) is 6.66. The predicted molar refractivity (Wildman–Crippen MR) is 90.8 cm³/mol. The molecule has 0 aliphatic carbocycles. The zero-order valence-electron chi connectivity index (χ0n) is 14.0. The number of benzene rings is 1. The van der Waals surface area contributed by atoms with Crippen LogP contribution in [0.3, 0.4) is 0 Å². The van der Waals surface area contributed by atoms with Gasteiger partial charge in [0.25, 0.3) is 5.91 Å². The van der Waals surface area contributed by atoms with Crippen molar-refractivity contribution in [2.24, 2.45) is 0 Å². The second kappa shape index (κ2) is 7.19. The molecule has 2 heterocycles. The van der Waals surface area contributed by atoms with Crippen molar-refractivity contribution in [2.45, 2.75) is 19.6 Å². The molecule has 3 rings (SSSR count). The van der Waals surface area contributed by atoms with E-state index in [9.17, 15) is 4.79 Å². The summed E-state index contributed by atoms with van der Waals surface area (Å²) in [6, 6.07) is 5.23. The molecule has 128 valence electrons. The minimum atomic E-state index is -0.0282. The molecule has 0 spiro atoms. The fourth-order valence-electron chi connectivity index (χ4n) is 2.72. The van der Waals surface area contributed by atoms with Gasteiger partial charge in [-0.15, -0.1) is 11.3 Å². The lowest BCUT2D eigenvalue weighted by atomic mass is 10.1. The summed E-state index contributed by atoms with van der Waals surface area (Å²) in [4.78, 5) is 20.4. The van der Waals surface area contributed by atoms with Crippen molar-refractivity contribution in [1.29, 1.82) is 0 Å². The Balaban J connectivity index is 1.81. The largest absolute Gasteiger partial charge is 0.497 e. The van der Waals surface area contributed by atoms with Crippen molar-refractivity contribution in [1.82, 2.24) is 9.88 Å². The summed E-state index contributed by atoms with van der Waals surface area (Å²) in [5, 5.41) is 0.958. The van der Waals surface area contributed by atoms with Gasteiger partial charge in [0.1, 0.15) is 16.5 Å². The topological polar surface area (TPSA) is 60.9 Å². The van der Waals surface area contributed by atoms with Crippen molar-refractivity contribution < 1.29 is 19.0 Å². The van der Waals surface area contributed by atoms with Gasteiger partial charge < -0.3 is 19.1 Å². The molecule has 0 saturated carbocycles. The average Bonchev–Trinajstić information content (AvgIpc) is 3.02. The maximum Gasteiger partial charge on any atom is 0.254 e. The molecule has 24 heavy (non-hydrogen) atoms. The smallest absolute Gasteiger partial charge is 0.254 e. The van der Waals surface area contributed by atoms with Crippen LogP contribution in [0.5, 0.6) is 11.5 Å². The highest BCUT2D eigenvalue weighted by Crippen LogP contribution is 2.28. The average molecular weight is 348 g/mol. The predicted octanol–water partition coefficient (Wildman–Crippen LogP) is 2.51. The summed E-state index contributed by atoms with van der Waals surface area (Å²) in [6.07, 6.45) is 0.766. The highest BCUT2D eigenvalue weighted by Gasteiger charge is 2.25. The monoisotopic (exact) mass is 348 g/mol. The van der Waals surface area contributed by atoms with Crippen LogP contribution in [-0.4, -0.2) is 43.7 Å². The molecular weight excluding hydrogens is 328 g/mol. The standard InChI is InChI=1S/C17H20N2O4S/c1-21-10-16-18-14-4-5-19(9-15(14)24-16)17(20)11-6-12(22-2)8-13(7-11)23-3/h6-8H,4-5,9-10H2,1-3H3. The molecule has 0 unspecified atom stereocenters. The number of carbonyl (C=O) groups excluding carboxylic acids is 1. The minimum absolute atomic E-state index is 0.0282. The van der Waals surface area contributed by atoms with Crippen LogP contribution in [0, 0.1) is 0 Å². The van der Waals surface area contributed by atoms with Crippen molar-refractivity contribution in [3.63, 3.8) is 0 Å². The molecule has 1 aromatic heterocycles. The minimum Gasteiger partial charge on any atom is -0.497 e. The maximum atomic E-state index is 12.9. The van der Waals surface area contributed by atoms with E-state index in [-0.39, 0.29) is 5.91 Å². The third-order valence-electron chi connectivity index (χ3n) is 3.93. The van der Waals surface area contributed by atoms with E-state index in [2.05, 4.69) is 4.98 Å². The number of hydrogen-bond donors (Lipinski definition) is 0. The lowest BCUT2D eigenvalue weighted by molar-refractivity contribution is 0.0735. The molecular formula is C17H20N2O4S. The number of aromatic nitrogens is 1. The first-order valence-electron chi connectivity index (χ1n) is 7.63. The first kappa shape index (κ1) is 16.7. The van der Waals surface area contributed by atoms with Crippen LogP contribution in [0.25, 0.3) is 0 Å². The molecule has 1 amide bonds. The summed E-state index contributed by atoms with van der Waals surface area (Å²) in [5.74, 6) is 1.19. The van der Waals surface area contributed by atoms with Crippen molar-refractivity contribution >= 4 is 17.2 Å². The quantitative estimate of drug-likeness (QED) is 0.831. The van der Waals surface area contributed by atoms with Crippen LogP contribution >= 0.6 is 11.3 Å². The second-order valence-electron chi connectivity index (χ2n) is 5.49. The molecule has 0 bridgehead atoms. The van der Waals surface area contributed by atoms with Gasteiger partial charge in [0.2, 0.25) is 0 Å². The van der Waals surface area contributed by atoms with Gasteiger partial charge in [-0.1, -0.05) is 0 Å². The molecule has 6 nitrogen and oxygen atoms in total. The van der Waals surface area contributed by atoms with Crippen LogP contribution in [0.1, 0.15) is 25.9 Å². The number of amides is 1. The van der Waals surface area contributed by atoms with Crippen LogP contribution < -0.4 is 9.47 Å². The van der Waals surface area contributed by atoms with Gasteiger partial charge in [-0.05, 0) is 12.1 Å². The van der Waals surface area contributed by atoms with Crippen LogP contribution in [0.2, 0.25) is 0 Å². The molecule has 0 N–H and O–H groups in total. The first-order chi connectivity index (χ1) is 11.6. The van der Waals surface area contributed by atoms with Gasteiger partial charge in [-0.3, -0.25) is 4.79 Å². The van der Waals surface area contributed by atoms with Crippen LogP contribution in [-0.2, 0) is 24.3 Å². The molecule has 0 atom stereocenters. The number of rotatable bonds is 5. The Labute approximate surface area is 145 Å². The summed E-state index contributed by atoms with van der Waals surface area (Å²) in [5.41, 5.74) is 1.65. The number of methoxy groups -OCH3 is 3. The summed E-state index contributed by atoms with van der Waals surface area (Å²) < 4.78 is 15.6. The van der Waals surface area contributed by atoms with E-state index >= 15 is 0 Å². The molecule has 0 saturated heterocycles. The molecule has 7 heteroatoms. The van der Waals surface area contributed by atoms with E-state index in [0.717, 1.165) is 22.0 Å². The summed E-state index contributed by atoms with van der Waals surface area (Å²) >= 11 is 1.61. The van der Waals surface area contributed by atoms with E-state index in [1.54, 1.807) is 50.9 Å². The van der Waals surface area contributed by atoms with Gasteiger partial charge >= 0.3 is 0 Å². The summed E-state index contributed by atoms with van der Waals surface area (Å²) in [6.45, 7) is 1.75. The Morgan fingerprint density at radius 3 is 2.54 bits per heavy atom. The van der Waals surface area contributed by atoms with E-state index in [4.69, 9.17) is 14.2 Å². The number of hydrogen-bond acceptors (Lipinski definition) is 6. The van der Waals surface area contributed by atoms with Gasteiger partial charge in [0, 0.05) is 36.6 Å². The van der Waals surface area contributed by atoms with E-state index < -0.39 is 0 Å². The molecule has 0 fully saturated rings. The molecule has 0 radical (unpaired) electrons. The Bertz CT molecular complexity index is 722. The van der Waals surface area contributed by atoms with E-state index in [1.165, 1.54) is 0 Å². The lowest BCUT2D eigenvalue weighted by Crippen LogP contribution is -2.35. The fourth-order valence-corrected chi connectivity index (χ4v) is 3.82. The van der Waals surface area contributed by atoms with Crippen molar-refractivity contribution in [3.8, 4) is 11.5 Å². The highest BCUT2D eigenvalue weighted by atomic mass is 32.1. The maximum absolute atomic E-state index is 12.9. The van der Waals surface area contributed by atoms with Crippen molar-refractivity contribution in [3.05, 3.63) is 39.3 Å². The number of ether oxygens (including phenoxy) is 3. The number of fused-ring (bicyclic) bond motifs is 1. The van der Waals surface area contributed by atoms with Crippen LogP contribution in [0.4, 0.5) is 0 Å². The van der Waals surface area contributed by atoms with E-state index in [1.807, 2.05) is 4.90 Å². The first-order valence-corrected chi connectivity index (χ1v) is 8.45. The third kappa shape index (κ3) is 3.37. The van der Waals surface area contributed by atoms with Crippen LogP contribution in [0.15, 0.2) is 18.2 Å². The number of carbonyl (C=O) groups is 1. The fraction of sp³-hybridized carbons (Fsp3) is 0.412. The SMILES string of the molecule is COCc1nc2c(s1)CN(C(=O)c1cc(OC)cc(OC)c1)CC2. The Kier molecular flexibility index (Phi) is 5.01. The van der Waals surface area contributed by atoms with Gasteiger partial charge in [0.15, 0.2) is 0 Å².